The number of Topliss-reactive ketones (excluding diaryl/α,β-unsaturated/α-hetero) is 1. The van der Waals surface area contributed by atoms with Crippen LogP contribution in [0.4, 0.5) is 5.69 Å². The lowest BCUT2D eigenvalue weighted by atomic mass is 10.0. The van der Waals surface area contributed by atoms with Gasteiger partial charge in [-0.1, -0.05) is 0 Å². The molecule has 0 N–H and O–H groups in total. The maximum atomic E-state index is 12.6. The first-order chi connectivity index (χ1) is 11.0. The van der Waals surface area contributed by atoms with E-state index in [0.717, 1.165) is 0 Å². The highest BCUT2D eigenvalue weighted by Gasteiger charge is 2.27. The van der Waals surface area contributed by atoms with E-state index in [-0.39, 0.29) is 17.9 Å². The first-order valence-electron chi connectivity index (χ1n) is 6.78. The summed E-state index contributed by atoms with van der Waals surface area (Å²) in [7, 11) is 2.95. The van der Waals surface area contributed by atoms with E-state index in [0.29, 0.717) is 34.1 Å². The average Bonchev–Trinajstić information content (AvgIpc) is 2.68. The minimum absolute atomic E-state index is 0.00724. The van der Waals surface area contributed by atoms with Crippen molar-refractivity contribution in [2.24, 2.45) is 0 Å². The number of rotatable bonds is 3. The lowest BCUT2D eigenvalue weighted by Gasteiger charge is -2.13. The van der Waals surface area contributed by atoms with Crippen LogP contribution in [-0.2, 0) is 6.42 Å². The van der Waals surface area contributed by atoms with Gasteiger partial charge in [-0.2, -0.15) is 0 Å². The molecule has 0 fully saturated rings. The molecule has 1 aliphatic heterocycles. The summed E-state index contributed by atoms with van der Waals surface area (Å²) in [5, 5.41) is 10.9. The van der Waals surface area contributed by atoms with Crippen molar-refractivity contribution in [3.05, 3.63) is 51.6 Å². The molecule has 2 aromatic carbocycles. The van der Waals surface area contributed by atoms with E-state index in [1.165, 1.54) is 32.4 Å². The molecule has 118 valence electrons. The van der Waals surface area contributed by atoms with Gasteiger partial charge in [0.2, 0.25) is 0 Å². The number of benzene rings is 2. The van der Waals surface area contributed by atoms with Gasteiger partial charge in [0.05, 0.1) is 19.1 Å². The second kappa shape index (κ2) is 5.60. The topological polar surface area (TPSA) is 87.9 Å². The Morgan fingerprint density at radius 3 is 2.57 bits per heavy atom. The molecule has 0 spiro atoms. The average molecular weight is 315 g/mol. The van der Waals surface area contributed by atoms with Crippen LogP contribution in [0, 0.1) is 10.1 Å². The highest BCUT2D eigenvalue weighted by Crippen LogP contribution is 2.41. The quantitative estimate of drug-likeness (QED) is 0.638. The second-order valence-corrected chi connectivity index (χ2v) is 4.95. The summed E-state index contributed by atoms with van der Waals surface area (Å²) in [4.78, 5) is 23.0. The number of hydrogen-bond acceptors (Lipinski definition) is 6. The highest BCUT2D eigenvalue weighted by atomic mass is 16.6. The third kappa shape index (κ3) is 2.57. The Balaban J connectivity index is 2.15. The summed E-state index contributed by atoms with van der Waals surface area (Å²) in [6.07, 6.45) is -0.00724. The highest BCUT2D eigenvalue weighted by molar-refractivity contribution is 6.03. The van der Waals surface area contributed by atoms with Crippen molar-refractivity contribution < 1.29 is 23.9 Å². The van der Waals surface area contributed by atoms with Gasteiger partial charge in [-0.3, -0.25) is 14.9 Å². The van der Waals surface area contributed by atoms with E-state index >= 15 is 0 Å². The van der Waals surface area contributed by atoms with E-state index in [2.05, 4.69) is 0 Å². The standard InChI is InChI=1S/C16H13NO6/c1-21-11-7-14(22-2)16-12(18)6-9-5-10(17(19)20)3-4-13(9)23-15(16)8-11/h3-5,7-8H,6H2,1-2H3. The number of nitro groups is 1. The maximum absolute atomic E-state index is 12.6. The lowest BCUT2D eigenvalue weighted by Crippen LogP contribution is -2.05. The number of ether oxygens (including phenoxy) is 3. The molecule has 0 aromatic heterocycles. The molecule has 23 heavy (non-hydrogen) atoms. The minimum atomic E-state index is -0.508. The van der Waals surface area contributed by atoms with Crippen molar-refractivity contribution >= 4 is 11.5 Å². The zero-order valence-corrected chi connectivity index (χ0v) is 12.5. The third-order valence-electron chi connectivity index (χ3n) is 3.60. The molecule has 1 heterocycles. The molecular formula is C16H13NO6. The molecule has 7 heteroatoms. The Hall–Kier alpha value is -3.09. The molecule has 0 amide bonds. The number of carbonyl (C=O) groups is 1. The number of nitro benzene ring substituents is 1. The van der Waals surface area contributed by atoms with Crippen LogP contribution in [-0.4, -0.2) is 24.9 Å². The van der Waals surface area contributed by atoms with Crippen molar-refractivity contribution in [1.29, 1.82) is 0 Å². The van der Waals surface area contributed by atoms with E-state index < -0.39 is 4.92 Å². The molecule has 1 aliphatic rings. The van der Waals surface area contributed by atoms with Crippen LogP contribution in [0.25, 0.3) is 0 Å². The van der Waals surface area contributed by atoms with Crippen LogP contribution in [0.2, 0.25) is 0 Å². The largest absolute Gasteiger partial charge is 0.496 e. The Morgan fingerprint density at radius 2 is 1.91 bits per heavy atom. The number of carbonyl (C=O) groups excluding carboxylic acids is 1. The number of fused-ring (bicyclic) bond motifs is 2. The van der Waals surface area contributed by atoms with Gasteiger partial charge in [-0.25, -0.2) is 0 Å². The molecule has 0 bridgehead atoms. The van der Waals surface area contributed by atoms with Crippen molar-refractivity contribution in [1.82, 2.24) is 0 Å². The van der Waals surface area contributed by atoms with Crippen LogP contribution >= 0.6 is 0 Å². The lowest BCUT2D eigenvalue weighted by molar-refractivity contribution is -0.384. The van der Waals surface area contributed by atoms with Gasteiger partial charge in [-0.15, -0.1) is 0 Å². The van der Waals surface area contributed by atoms with Crippen molar-refractivity contribution in [3.63, 3.8) is 0 Å². The van der Waals surface area contributed by atoms with Gasteiger partial charge < -0.3 is 14.2 Å². The molecule has 0 atom stereocenters. The fourth-order valence-corrected chi connectivity index (χ4v) is 2.50. The first kappa shape index (κ1) is 14.8. The summed E-state index contributed by atoms with van der Waals surface area (Å²) in [5.41, 5.74) is 0.671. The van der Waals surface area contributed by atoms with Gasteiger partial charge in [0.1, 0.15) is 28.6 Å². The molecule has 2 aromatic rings. The van der Waals surface area contributed by atoms with Crippen LogP contribution in [0.5, 0.6) is 23.0 Å². The van der Waals surface area contributed by atoms with Gasteiger partial charge in [0.15, 0.2) is 5.78 Å². The third-order valence-corrected chi connectivity index (χ3v) is 3.60. The zero-order chi connectivity index (χ0) is 16.6. The predicted molar refractivity (Wildman–Crippen MR) is 80.8 cm³/mol. The Bertz CT molecular complexity index is 814. The molecule has 0 aliphatic carbocycles. The van der Waals surface area contributed by atoms with E-state index in [1.54, 1.807) is 12.1 Å². The molecule has 7 nitrogen and oxygen atoms in total. The van der Waals surface area contributed by atoms with Crippen molar-refractivity contribution in [2.75, 3.05) is 14.2 Å². The van der Waals surface area contributed by atoms with Crippen LogP contribution < -0.4 is 14.2 Å². The summed E-state index contributed by atoms with van der Waals surface area (Å²) in [6.45, 7) is 0. The number of ketones is 1. The number of hydrogen-bond donors (Lipinski definition) is 0. The van der Waals surface area contributed by atoms with Crippen molar-refractivity contribution in [2.45, 2.75) is 6.42 Å². The molecule has 3 rings (SSSR count). The molecule has 0 unspecified atom stereocenters. The summed E-state index contributed by atoms with van der Waals surface area (Å²) < 4.78 is 16.2. The Kier molecular flexibility index (Phi) is 3.61. The first-order valence-corrected chi connectivity index (χ1v) is 6.78. The normalized spacial score (nSPS) is 12.5. The fourth-order valence-electron chi connectivity index (χ4n) is 2.50. The van der Waals surface area contributed by atoms with Gasteiger partial charge in [0.25, 0.3) is 5.69 Å². The number of non-ortho nitro benzene ring substituents is 1. The zero-order valence-electron chi connectivity index (χ0n) is 12.5. The van der Waals surface area contributed by atoms with Gasteiger partial charge in [-0.05, 0) is 6.07 Å². The maximum Gasteiger partial charge on any atom is 0.269 e. The van der Waals surface area contributed by atoms with E-state index in [9.17, 15) is 14.9 Å². The SMILES string of the molecule is COc1cc(OC)c2c(c1)Oc1ccc([N+](=O)[O-])cc1CC2=O. The van der Waals surface area contributed by atoms with Crippen LogP contribution in [0.1, 0.15) is 15.9 Å². The predicted octanol–water partition coefficient (Wildman–Crippen LogP) is 3.14. The Morgan fingerprint density at radius 1 is 1.13 bits per heavy atom. The van der Waals surface area contributed by atoms with Gasteiger partial charge >= 0.3 is 0 Å². The molecule has 0 saturated carbocycles. The summed E-state index contributed by atoms with van der Waals surface area (Å²) >= 11 is 0. The molecule has 0 radical (unpaired) electrons. The molecular weight excluding hydrogens is 302 g/mol. The smallest absolute Gasteiger partial charge is 0.269 e. The summed E-state index contributed by atoms with van der Waals surface area (Å²) in [5.74, 6) is 1.29. The number of nitrogens with zero attached hydrogens (tertiary/aromatic N) is 1. The Labute approximate surface area is 131 Å². The number of methoxy groups -OCH3 is 2. The fraction of sp³-hybridized carbons (Fsp3) is 0.188. The van der Waals surface area contributed by atoms with Gasteiger partial charge in [0, 0.05) is 36.2 Å². The second-order valence-electron chi connectivity index (χ2n) is 4.95. The van der Waals surface area contributed by atoms with Crippen molar-refractivity contribution in [3.8, 4) is 23.0 Å². The minimum Gasteiger partial charge on any atom is -0.496 e. The summed E-state index contributed by atoms with van der Waals surface area (Å²) in [6, 6.07) is 7.36. The van der Waals surface area contributed by atoms with E-state index in [1.807, 2.05) is 0 Å². The molecule has 0 saturated heterocycles. The van der Waals surface area contributed by atoms with E-state index in [4.69, 9.17) is 14.2 Å². The van der Waals surface area contributed by atoms with Crippen LogP contribution in [0.3, 0.4) is 0 Å². The monoisotopic (exact) mass is 315 g/mol. The van der Waals surface area contributed by atoms with Crippen LogP contribution in [0.15, 0.2) is 30.3 Å².